The van der Waals surface area contributed by atoms with Crippen molar-refractivity contribution >= 4 is 40.2 Å². The number of aliphatic imine (C=N–C) groups is 1. The molecule has 12 heteroatoms. The molecule has 1 aromatic heterocycles. The highest BCUT2D eigenvalue weighted by Gasteiger charge is 2.33. The fourth-order valence-electron chi connectivity index (χ4n) is 4.25. The first kappa shape index (κ1) is 27.8. The highest BCUT2D eigenvalue weighted by atomic mass is 32.2. The number of hydrogen-bond acceptors (Lipinski definition) is 7. The first-order chi connectivity index (χ1) is 19.8. The van der Waals surface area contributed by atoms with Crippen molar-refractivity contribution in [3.8, 4) is 28.6 Å². The van der Waals surface area contributed by atoms with E-state index in [4.69, 9.17) is 9.47 Å². The Morgan fingerprint density at radius 3 is 2.46 bits per heavy atom. The molecular weight excluding hydrogens is 547 g/mol. The molecule has 1 aliphatic rings. The van der Waals surface area contributed by atoms with Crippen molar-refractivity contribution in [3.05, 3.63) is 78.4 Å². The molecule has 3 aromatic carbocycles. The molecule has 3 amide bonds. The number of anilines is 2. The summed E-state index contributed by atoms with van der Waals surface area (Å²) in [5.74, 6) is 0.934. The van der Waals surface area contributed by atoms with Gasteiger partial charge in [-0.25, -0.2) is 18.9 Å². The van der Waals surface area contributed by atoms with Gasteiger partial charge in [0.05, 0.1) is 37.0 Å². The molecule has 41 heavy (non-hydrogen) atoms. The zero-order chi connectivity index (χ0) is 29.1. The van der Waals surface area contributed by atoms with E-state index in [0.29, 0.717) is 28.6 Å². The van der Waals surface area contributed by atoms with E-state index >= 15 is 4.39 Å². The fraction of sp³-hybridized carbons (Fsp3) is 0.207. The van der Waals surface area contributed by atoms with Crippen LogP contribution in [0.2, 0.25) is 0 Å². The van der Waals surface area contributed by atoms with Gasteiger partial charge >= 0.3 is 6.03 Å². The lowest BCUT2D eigenvalue weighted by atomic mass is 10.00. The second kappa shape index (κ2) is 11.8. The number of carbonyl (C=O) groups is 2. The molecule has 0 radical (unpaired) electrons. The number of aromatic nitrogens is 3. The van der Waals surface area contributed by atoms with E-state index in [0.717, 1.165) is 23.0 Å². The summed E-state index contributed by atoms with van der Waals surface area (Å²) in [4.78, 5) is 35.4. The number of nitrogens with zero attached hydrogens (tertiary/aromatic N) is 5. The Bertz CT molecular complexity index is 1640. The minimum Gasteiger partial charge on any atom is -0.497 e. The molecule has 1 saturated heterocycles. The van der Waals surface area contributed by atoms with E-state index in [1.54, 1.807) is 43.2 Å². The van der Waals surface area contributed by atoms with E-state index in [-0.39, 0.29) is 28.4 Å². The number of ether oxygens (including phenoxy) is 2. The van der Waals surface area contributed by atoms with Gasteiger partial charge in [-0.3, -0.25) is 9.69 Å². The van der Waals surface area contributed by atoms with Crippen LogP contribution >= 0.6 is 11.8 Å². The molecular formula is C29H27FN6O4S. The fourth-order valence-corrected chi connectivity index (χ4v) is 5.11. The smallest absolute Gasteiger partial charge is 0.347 e. The van der Waals surface area contributed by atoms with Gasteiger partial charge in [-0.15, -0.1) is 5.10 Å². The summed E-state index contributed by atoms with van der Waals surface area (Å²) in [6.45, 7) is 4.02. The molecule has 1 aliphatic heterocycles. The molecule has 0 spiro atoms. The van der Waals surface area contributed by atoms with E-state index in [1.165, 1.54) is 23.4 Å². The molecule has 4 aromatic rings. The van der Waals surface area contributed by atoms with Crippen LogP contribution in [0.5, 0.6) is 11.5 Å². The summed E-state index contributed by atoms with van der Waals surface area (Å²) in [5, 5.41) is 7.09. The lowest BCUT2D eigenvalue weighted by molar-refractivity contribution is -0.115. The third kappa shape index (κ3) is 5.92. The number of amides is 3. The lowest BCUT2D eigenvalue weighted by Gasteiger charge is -2.22. The SMILES string of the molecule is COc1ccc(-n2cnc(-c3ccc(NC(=O)N=C4SCC(=O)N4c4cc(OC)ccc4C(C)C)c(F)c3)n2)cc1. The highest BCUT2D eigenvalue weighted by molar-refractivity contribution is 8.15. The van der Waals surface area contributed by atoms with Gasteiger partial charge in [-0.1, -0.05) is 31.7 Å². The van der Waals surface area contributed by atoms with Crippen LogP contribution in [0.4, 0.5) is 20.6 Å². The Kier molecular flexibility index (Phi) is 8.02. The van der Waals surface area contributed by atoms with Gasteiger partial charge in [-0.05, 0) is 60.0 Å². The van der Waals surface area contributed by atoms with Crippen molar-refractivity contribution < 1.29 is 23.5 Å². The molecule has 1 fully saturated rings. The molecule has 5 rings (SSSR count). The van der Waals surface area contributed by atoms with E-state index in [1.807, 2.05) is 38.1 Å². The number of rotatable bonds is 7. The minimum absolute atomic E-state index is 0.0668. The number of urea groups is 1. The first-order valence-corrected chi connectivity index (χ1v) is 13.6. The standard InChI is InChI=1S/C29H27FN6O4S/c1-17(2)22-11-10-21(40-4)14-25(22)36-26(37)15-41-29(36)33-28(38)32-24-12-5-18(13-23(24)30)27-31-16-35(34-27)19-6-8-20(39-3)9-7-19/h5-14,16-17H,15H2,1-4H3,(H,32,38). The van der Waals surface area contributed by atoms with Crippen LogP contribution in [0.15, 0.2) is 72.0 Å². The summed E-state index contributed by atoms with van der Waals surface area (Å²) in [5.41, 5.74) is 2.63. The molecule has 10 nitrogen and oxygen atoms in total. The number of carbonyl (C=O) groups excluding carboxylic acids is 2. The Hall–Kier alpha value is -4.71. The molecule has 0 unspecified atom stereocenters. The van der Waals surface area contributed by atoms with Gasteiger partial charge in [0, 0.05) is 11.6 Å². The molecule has 2 heterocycles. The van der Waals surface area contributed by atoms with Crippen molar-refractivity contribution in [3.63, 3.8) is 0 Å². The summed E-state index contributed by atoms with van der Waals surface area (Å²) < 4.78 is 27.1. The topological polar surface area (TPSA) is 111 Å². The van der Waals surface area contributed by atoms with Crippen LogP contribution in [-0.4, -0.2) is 51.8 Å². The van der Waals surface area contributed by atoms with Crippen LogP contribution in [0.3, 0.4) is 0 Å². The number of halogens is 1. The predicted molar refractivity (Wildman–Crippen MR) is 157 cm³/mol. The largest absolute Gasteiger partial charge is 0.497 e. The number of nitrogens with one attached hydrogen (secondary N) is 1. The second-order valence-corrected chi connectivity index (χ2v) is 10.3. The van der Waals surface area contributed by atoms with Gasteiger partial charge in [-0.2, -0.15) is 4.99 Å². The second-order valence-electron chi connectivity index (χ2n) is 9.33. The van der Waals surface area contributed by atoms with Crippen LogP contribution < -0.4 is 19.7 Å². The number of amidine groups is 1. The Morgan fingerprint density at radius 1 is 1.05 bits per heavy atom. The average molecular weight is 575 g/mol. The summed E-state index contributed by atoms with van der Waals surface area (Å²) in [7, 11) is 3.13. The Labute approximate surface area is 240 Å². The van der Waals surface area contributed by atoms with Crippen molar-refractivity contribution in [2.75, 3.05) is 30.2 Å². The van der Waals surface area contributed by atoms with Crippen molar-refractivity contribution in [2.24, 2.45) is 4.99 Å². The monoisotopic (exact) mass is 574 g/mol. The number of hydrogen-bond donors (Lipinski definition) is 1. The Morgan fingerprint density at radius 2 is 1.78 bits per heavy atom. The third-order valence-electron chi connectivity index (χ3n) is 6.36. The predicted octanol–water partition coefficient (Wildman–Crippen LogP) is 5.88. The first-order valence-electron chi connectivity index (χ1n) is 12.7. The van der Waals surface area contributed by atoms with Gasteiger partial charge < -0.3 is 14.8 Å². The van der Waals surface area contributed by atoms with Gasteiger partial charge in [0.25, 0.3) is 0 Å². The molecule has 210 valence electrons. The number of thioether (sulfide) groups is 1. The number of methoxy groups -OCH3 is 2. The number of benzene rings is 3. The quantitative estimate of drug-likeness (QED) is 0.293. The van der Waals surface area contributed by atoms with Crippen LogP contribution in [0, 0.1) is 5.82 Å². The van der Waals surface area contributed by atoms with Gasteiger partial charge in [0.2, 0.25) is 5.91 Å². The van der Waals surface area contributed by atoms with E-state index < -0.39 is 11.8 Å². The summed E-state index contributed by atoms with van der Waals surface area (Å²) in [6.07, 6.45) is 1.53. The maximum Gasteiger partial charge on any atom is 0.347 e. The maximum atomic E-state index is 15.0. The third-order valence-corrected chi connectivity index (χ3v) is 7.28. The minimum atomic E-state index is -0.810. The zero-order valence-corrected chi connectivity index (χ0v) is 23.6. The molecule has 0 bridgehead atoms. The van der Waals surface area contributed by atoms with Gasteiger partial charge in [0.1, 0.15) is 23.6 Å². The normalized spacial score (nSPS) is 14.1. The van der Waals surface area contributed by atoms with Gasteiger partial charge in [0.15, 0.2) is 11.0 Å². The van der Waals surface area contributed by atoms with Crippen LogP contribution in [0.1, 0.15) is 25.3 Å². The maximum absolute atomic E-state index is 15.0. The molecule has 0 atom stereocenters. The van der Waals surface area contributed by atoms with E-state index in [2.05, 4.69) is 20.4 Å². The molecule has 1 N–H and O–H groups in total. The highest BCUT2D eigenvalue weighted by Crippen LogP contribution is 2.36. The van der Waals surface area contributed by atoms with Crippen molar-refractivity contribution in [1.29, 1.82) is 0 Å². The Balaban J connectivity index is 1.34. The summed E-state index contributed by atoms with van der Waals surface area (Å²) >= 11 is 1.14. The van der Waals surface area contributed by atoms with Crippen LogP contribution in [0.25, 0.3) is 17.1 Å². The molecule has 0 saturated carbocycles. The summed E-state index contributed by atoms with van der Waals surface area (Å²) in [6, 6.07) is 16.2. The lowest BCUT2D eigenvalue weighted by Crippen LogP contribution is -2.31. The van der Waals surface area contributed by atoms with E-state index in [9.17, 15) is 9.59 Å². The van der Waals surface area contributed by atoms with Crippen molar-refractivity contribution in [2.45, 2.75) is 19.8 Å². The van der Waals surface area contributed by atoms with Crippen molar-refractivity contribution in [1.82, 2.24) is 14.8 Å². The average Bonchev–Trinajstić information content (AvgIpc) is 3.61. The molecule has 0 aliphatic carbocycles. The van der Waals surface area contributed by atoms with Crippen LogP contribution in [-0.2, 0) is 4.79 Å². The zero-order valence-electron chi connectivity index (χ0n) is 22.8.